The van der Waals surface area contributed by atoms with Gasteiger partial charge in [-0.2, -0.15) is 0 Å². The van der Waals surface area contributed by atoms with Crippen molar-refractivity contribution >= 4 is 16.0 Å². The topological polar surface area (TPSA) is 0 Å². The molecule has 0 N–H and O–H groups in total. The van der Waals surface area contributed by atoms with Gasteiger partial charge in [0, 0.05) is 0 Å². The Labute approximate surface area is 45.4 Å². The Hall–Kier alpha value is 0.818. The van der Waals surface area contributed by atoms with Crippen LogP contribution in [0.25, 0.3) is 0 Å². The molecule has 0 saturated carbocycles. The molecule has 0 atom stereocenters. The van der Waals surface area contributed by atoms with E-state index < -0.39 is 16.0 Å². The fourth-order valence-corrected chi connectivity index (χ4v) is 0. The van der Waals surface area contributed by atoms with Gasteiger partial charge in [0.2, 0.25) is 0 Å². The zero-order valence-corrected chi connectivity index (χ0v) is 9.00. The minimum absolute atomic E-state index is 2.25. The van der Waals surface area contributed by atoms with Gasteiger partial charge in [-0.25, -0.2) is 0 Å². The molecule has 0 aromatic heterocycles. The molecule has 0 unspecified atom stereocenters. The third-order valence-corrected chi connectivity index (χ3v) is 0. The normalized spacial score (nSPS) is 23.1. The predicted molar refractivity (Wildman–Crippen MR) is 40.9 cm³/mol. The van der Waals surface area contributed by atoms with Crippen molar-refractivity contribution in [3.8, 4) is 0 Å². The van der Waals surface area contributed by atoms with Gasteiger partial charge in [-0.15, -0.1) is 0 Å². The van der Waals surface area contributed by atoms with E-state index in [1.165, 1.54) is 0 Å². The standard InChI is InChI=1S/6CH3.Sb/h6*1H3;/q;;;;;;-1. The number of rotatable bonds is 0. The van der Waals surface area contributed by atoms with E-state index in [4.69, 9.17) is 0 Å². The molecule has 0 aromatic carbocycles. The van der Waals surface area contributed by atoms with Crippen molar-refractivity contribution in [3.63, 3.8) is 0 Å². The van der Waals surface area contributed by atoms with Gasteiger partial charge in [-0.3, -0.25) is 0 Å². The van der Waals surface area contributed by atoms with Crippen molar-refractivity contribution in [2.75, 3.05) is 0 Å². The molecular weight excluding hydrogens is 194 g/mol. The SMILES string of the molecule is [CH3][Sb-]([CH3])([CH3])([CH3])([CH3])[CH3]. The van der Waals surface area contributed by atoms with Crippen molar-refractivity contribution in [2.45, 2.75) is 29.2 Å². The van der Waals surface area contributed by atoms with Gasteiger partial charge in [0.1, 0.15) is 0 Å². The number of hydrogen-bond donors (Lipinski definition) is 0. The van der Waals surface area contributed by atoms with E-state index in [1.54, 1.807) is 0 Å². The monoisotopic (exact) mass is 211 g/mol. The Balaban J connectivity index is 4.43. The molecule has 0 aliphatic rings. The van der Waals surface area contributed by atoms with E-state index in [-0.39, 0.29) is 0 Å². The minimum atomic E-state index is -2.25. The van der Waals surface area contributed by atoms with Crippen LogP contribution in [0.15, 0.2) is 0 Å². The second-order valence-electron chi connectivity index (χ2n) is 6.71. The number of hydrogen-bond acceptors (Lipinski definition) is 0. The summed E-state index contributed by atoms with van der Waals surface area (Å²) >= 11 is -2.25. The molecule has 7 heavy (non-hydrogen) atoms. The molecule has 0 nitrogen and oxygen atoms in total. The van der Waals surface area contributed by atoms with Gasteiger partial charge in [0.25, 0.3) is 0 Å². The van der Waals surface area contributed by atoms with Crippen LogP contribution in [0.1, 0.15) is 0 Å². The van der Waals surface area contributed by atoms with Gasteiger partial charge in [-0.1, -0.05) is 0 Å². The maximum atomic E-state index is 2.42. The van der Waals surface area contributed by atoms with Crippen LogP contribution in [-0.2, 0) is 0 Å². The summed E-state index contributed by atoms with van der Waals surface area (Å²) in [5.41, 5.74) is 0. The van der Waals surface area contributed by atoms with E-state index in [9.17, 15) is 0 Å². The summed E-state index contributed by atoms with van der Waals surface area (Å²) in [7, 11) is 0. The third-order valence-electron chi connectivity index (χ3n) is 0. The molecule has 1 heteroatoms. The van der Waals surface area contributed by atoms with Crippen molar-refractivity contribution < 1.29 is 0 Å². The summed E-state index contributed by atoms with van der Waals surface area (Å²) in [5.74, 6) is 0. The Morgan fingerprint density at radius 3 is 0.571 bits per heavy atom. The predicted octanol–water partition coefficient (Wildman–Crippen LogP) is 3.12. The molecule has 0 bridgehead atoms. The van der Waals surface area contributed by atoms with E-state index in [1.807, 2.05) is 0 Å². The van der Waals surface area contributed by atoms with Gasteiger partial charge >= 0.3 is 45.2 Å². The summed E-state index contributed by atoms with van der Waals surface area (Å²) in [5, 5.41) is 0. The van der Waals surface area contributed by atoms with Gasteiger partial charge in [0.05, 0.1) is 0 Å². The molecule has 0 spiro atoms. The first-order valence-electron chi connectivity index (χ1n) is 2.68. The van der Waals surface area contributed by atoms with E-state index in [0.29, 0.717) is 0 Å². The molecule has 0 radical (unpaired) electrons. The third kappa shape index (κ3) is 236. The maximum absolute atomic E-state index is 2.42. The molecule has 0 aliphatic heterocycles. The van der Waals surface area contributed by atoms with Crippen LogP contribution in [0.4, 0.5) is 0 Å². The quantitative estimate of drug-likeness (QED) is 0.541. The second-order valence-corrected chi connectivity index (χ2v) is 45.0. The summed E-state index contributed by atoms with van der Waals surface area (Å²) in [4.78, 5) is 14.6. The summed E-state index contributed by atoms with van der Waals surface area (Å²) in [6.45, 7) is 0. The fourth-order valence-electron chi connectivity index (χ4n) is 0. The van der Waals surface area contributed by atoms with Crippen LogP contribution in [-0.4, -0.2) is 16.0 Å². The van der Waals surface area contributed by atoms with Crippen molar-refractivity contribution in [1.29, 1.82) is 0 Å². The average molecular weight is 212 g/mol. The summed E-state index contributed by atoms with van der Waals surface area (Å²) in [6, 6.07) is 0. The Morgan fingerprint density at radius 1 is 0.571 bits per heavy atom. The molecule has 0 fully saturated rings. The van der Waals surface area contributed by atoms with Crippen LogP contribution in [0.2, 0.25) is 29.2 Å². The van der Waals surface area contributed by atoms with Crippen molar-refractivity contribution in [2.24, 2.45) is 0 Å². The van der Waals surface area contributed by atoms with Crippen LogP contribution >= 0.6 is 0 Å². The summed E-state index contributed by atoms with van der Waals surface area (Å²) < 4.78 is 0. The van der Waals surface area contributed by atoms with Crippen LogP contribution < -0.4 is 0 Å². The molecule has 0 saturated heterocycles. The molecule has 0 heterocycles. The second kappa shape index (κ2) is 0.922. The first-order valence-corrected chi connectivity index (χ1v) is 18.0. The van der Waals surface area contributed by atoms with Crippen LogP contribution in [0.3, 0.4) is 0 Å². The zero-order valence-electron chi connectivity index (χ0n) is 6.45. The fraction of sp³-hybridized carbons (Fsp3) is 1.00. The molecular formula is C6H18Sb-. The first kappa shape index (κ1) is 7.82. The van der Waals surface area contributed by atoms with E-state index >= 15 is 0 Å². The Kier molecular flexibility index (Phi) is 1.03. The van der Waals surface area contributed by atoms with Crippen LogP contribution in [0.5, 0.6) is 0 Å². The van der Waals surface area contributed by atoms with Gasteiger partial charge in [0.15, 0.2) is 0 Å². The molecule has 0 aromatic rings. The molecule has 0 amide bonds. The van der Waals surface area contributed by atoms with Crippen molar-refractivity contribution in [1.82, 2.24) is 0 Å². The summed E-state index contributed by atoms with van der Waals surface area (Å²) in [6.07, 6.45) is 0. The van der Waals surface area contributed by atoms with Crippen molar-refractivity contribution in [3.05, 3.63) is 0 Å². The van der Waals surface area contributed by atoms with E-state index in [2.05, 4.69) is 29.2 Å². The first-order chi connectivity index (χ1) is 2.45. The molecule has 0 aliphatic carbocycles. The molecule has 0 rings (SSSR count). The zero-order chi connectivity index (χ0) is 6.41. The molecule has 48 valence electrons. The van der Waals surface area contributed by atoms with Gasteiger partial charge < -0.3 is 0 Å². The van der Waals surface area contributed by atoms with Gasteiger partial charge in [-0.05, 0) is 0 Å². The Morgan fingerprint density at radius 2 is 0.571 bits per heavy atom. The Bertz CT molecular complexity index is 62.7. The average Bonchev–Trinajstić information content (AvgIpc) is 0.592. The van der Waals surface area contributed by atoms with Crippen LogP contribution in [0, 0.1) is 0 Å². The van der Waals surface area contributed by atoms with E-state index in [0.717, 1.165) is 0 Å².